The summed E-state index contributed by atoms with van der Waals surface area (Å²) in [6.45, 7) is 5.03. The lowest BCUT2D eigenvalue weighted by molar-refractivity contribution is -0.134. The molecule has 0 radical (unpaired) electrons. The fourth-order valence-electron chi connectivity index (χ4n) is 6.48. The molecule has 1 spiro atoms. The summed E-state index contributed by atoms with van der Waals surface area (Å²) in [5, 5.41) is 7.22. The summed E-state index contributed by atoms with van der Waals surface area (Å²) in [4.78, 5) is 40.5. The van der Waals surface area contributed by atoms with Gasteiger partial charge in [-0.3, -0.25) is 14.9 Å². The number of benzene rings is 1. The minimum atomic E-state index is -0.316. The van der Waals surface area contributed by atoms with E-state index in [2.05, 4.69) is 43.5 Å². The summed E-state index contributed by atoms with van der Waals surface area (Å²) in [5.41, 5.74) is 14.2. The van der Waals surface area contributed by atoms with Crippen LogP contribution in [0, 0.1) is 5.41 Å². The molecule has 3 aliphatic rings. The summed E-state index contributed by atoms with van der Waals surface area (Å²) < 4.78 is 6.22. The van der Waals surface area contributed by atoms with Crippen molar-refractivity contribution in [1.82, 2.24) is 25.6 Å². The lowest BCUT2D eigenvalue weighted by Crippen LogP contribution is -2.52. The van der Waals surface area contributed by atoms with Crippen molar-refractivity contribution < 1.29 is 14.3 Å². The zero-order chi connectivity index (χ0) is 30.1. The minimum absolute atomic E-state index is 0.0215. The predicted molar refractivity (Wildman–Crippen MR) is 166 cm³/mol. The number of amides is 2. The molecule has 0 saturated carbocycles. The first kappa shape index (κ1) is 29.6. The van der Waals surface area contributed by atoms with Crippen LogP contribution in [0.2, 0.25) is 5.02 Å². The van der Waals surface area contributed by atoms with Gasteiger partial charge in [0.1, 0.15) is 16.7 Å². The van der Waals surface area contributed by atoms with Crippen molar-refractivity contribution in [2.45, 2.75) is 67.1 Å². The molecule has 6 rings (SSSR count). The van der Waals surface area contributed by atoms with Crippen LogP contribution in [-0.4, -0.2) is 58.6 Å². The maximum absolute atomic E-state index is 12.6. The Labute approximate surface area is 259 Å². The Morgan fingerprint density at radius 3 is 2.72 bits per heavy atom. The first-order chi connectivity index (χ1) is 20.7. The van der Waals surface area contributed by atoms with E-state index in [1.54, 1.807) is 18.5 Å². The van der Waals surface area contributed by atoms with E-state index in [0.717, 1.165) is 47.8 Å². The Kier molecular flexibility index (Phi) is 8.45. The molecule has 2 amide bonds. The van der Waals surface area contributed by atoms with Gasteiger partial charge in [0.25, 0.3) is 0 Å². The van der Waals surface area contributed by atoms with E-state index in [0.29, 0.717) is 41.9 Å². The Morgan fingerprint density at radius 1 is 1.16 bits per heavy atom. The van der Waals surface area contributed by atoms with Gasteiger partial charge in [-0.2, -0.15) is 0 Å². The quantitative estimate of drug-likeness (QED) is 0.285. The third kappa shape index (κ3) is 6.01. The smallest absolute Gasteiger partial charge is 0.234 e. The number of halogens is 1. The lowest BCUT2D eigenvalue weighted by Gasteiger charge is -2.43. The predicted octanol–water partition coefficient (Wildman–Crippen LogP) is 3.52. The number of ether oxygens (including phenoxy) is 1. The highest BCUT2D eigenvalue weighted by Crippen LogP contribution is 2.44. The van der Waals surface area contributed by atoms with Gasteiger partial charge in [0, 0.05) is 48.6 Å². The zero-order valence-corrected chi connectivity index (χ0v) is 25.5. The molecule has 13 heteroatoms. The van der Waals surface area contributed by atoms with Gasteiger partial charge in [-0.15, -0.1) is 0 Å². The molecule has 1 aromatic carbocycles. The fourth-order valence-corrected chi connectivity index (χ4v) is 7.50. The molecule has 11 nitrogen and oxygen atoms in total. The number of nitrogens with one attached hydrogen (secondary N) is 2. The van der Waals surface area contributed by atoms with Crippen LogP contribution < -0.4 is 27.0 Å². The number of nitrogen functional groups attached to an aromatic ring is 2. The third-order valence-electron chi connectivity index (χ3n) is 8.87. The van der Waals surface area contributed by atoms with Gasteiger partial charge in [-0.25, -0.2) is 15.0 Å². The number of carbonyl (C=O) groups excluding carboxylic acids is 2. The summed E-state index contributed by atoms with van der Waals surface area (Å²) in [6.07, 6.45) is 6.14. The first-order valence-electron chi connectivity index (χ1n) is 14.5. The van der Waals surface area contributed by atoms with Crippen LogP contribution in [0.1, 0.15) is 49.7 Å². The zero-order valence-electron chi connectivity index (χ0n) is 23.9. The Hall–Kier alpha value is -3.45. The van der Waals surface area contributed by atoms with E-state index >= 15 is 0 Å². The van der Waals surface area contributed by atoms with Gasteiger partial charge in [0.2, 0.25) is 11.8 Å². The van der Waals surface area contributed by atoms with Crippen molar-refractivity contribution in [3.05, 3.63) is 58.9 Å². The van der Waals surface area contributed by atoms with E-state index in [-0.39, 0.29) is 41.1 Å². The van der Waals surface area contributed by atoms with Crippen LogP contribution in [0.4, 0.5) is 17.5 Å². The van der Waals surface area contributed by atoms with Crippen molar-refractivity contribution in [3.63, 3.8) is 0 Å². The highest BCUT2D eigenvalue weighted by molar-refractivity contribution is 7.99. The maximum Gasteiger partial charge on any atom is 0.234 e. The lowest BCUT2D eigenvalue weighted by atomic mass is 9.73. The Morgan fingerprint density at radius 2 is 1.95 bits per heavy atom. The number of nitrogens with zero attached hydrogens (tertiary/aromatic N) is 4. The average molecular weight is 623 g/mol. The van der Waals surface area contributed by atoms with Gasteiger partial charge >= 0.3 is 0 Å². The number of hydrogen-bond donors (Lipinski definition) is 4. The van der Waals surface area contributed by atoms with Crippen LogP contribution in [-0.2, 0) is 20.9 Å². The third-order valence-corrected chi connectivity index (χ3v) is 10.4. The largest absolute Gasteiger partial charge is 0.382 e. The minimum Gasteiger partial charge on any atom is -0.382 e. The first-order valence-corrected chi connectivity index (χ1v) is 15.7. The van der Waals surface area contributed by atoms with Crippen molar-refractivity contribution in [2.75, 3.05) is 36.1 Å². The molecule has 3 atom stereocenters. The number of nitrogens with two attached hydrogens (primary N) is 2. The summed E-state index contributed by atoms with van der Waals surface area (Å²) >= 11 is 7.60. The second-order valence-corrected chi connectivity index (χ2v) is 12.9. The number of carbonyl (C=O) groups is 2. The number of anilines is 3. The molecule has 3 aliphatic heterocycles. The number of rotatable bonds is 7. The summed E-state index contributed by atoms with van der Waals surface area (Å²) in [5.74, 6) is 0.599. The van der Waals surface area contributed by atoms with Gasteiger partial charge in [0.15, 0.2) is 5.82 Å². The van der Waals surface area contributed by atoms with Crippen molar-refractivity contribution in [3.8, 4) is 0 Å². The standard InChI is InChI=1S/C30H35ClN8O3S/c1-17-25(35-14-18-4-2-3-5-19(18)20-6-7-23(40)38-28(20)41)30(16-42-17)9-12-39(13-10-30)22-15-36-29(27(33)37-22)43-21-8-11-34-26(32)24(21)31/h2-5,8,11,15,17,20,25,35H,6-7,9-10,12-14,16H2,1H3,(H2,32,34)(H2,33,37)(H,38,40,41)/t17-,20?,25+/m0/s1. The van der Waals surface area contributed by atoms with Crippen molar-refractivity contribution in [1.29, 1.82) is 0 Å². The molecule has 5 heterocycles. The van der Waals surface area contributed by atoms with E-state index in [4.69, 9.17) is 27.8 Å². The second-order valence-electron chi connectivity index (χ2n) is 11.5. The summed E-state index contributed by atoms with van der Waals surface area (Å²) in [6, 6.07) is 9.92. The molecule has 3 saturated heterocycles. The molecule has 3 aromatic rings. The molecular formula is C30H35ClN8O3S. The molecule has 1 unspecified atom stereocenters. The maximum atomic E-state index is 12.6. The number of piperidine rings is 2. The van der Waals surface area contributed by atoms with E-state index < -0.39 is 0 Å². The molecule has 6 N–H and O–H groups in total. The molecule has 2 aromatic heterocycles. The van der Waals surface area contributed by atoms with E-state index in [1.807, 2.05) is 18.2 Å². The topological polar surface area (TPSA) is 161 Å². The van der Waals surface area contributed by atoms with Crippen LogP contribution in [0.15, 0.2) is 52.6 Å². The summed E-state index contributed by atoms with van der Waals surface area (Å²) in [7, 11) is 0. The highest BCUT2D eigenvalue weighted by atomic mass is 35.5. The monoisotopic (exact) mass is 622 g/mol. The fraction of sp³-hybridized carbons (Fsp3) is 0.433. The van der Waals surface area contributed by atoms with E-state index in [9.17, 15) is 9.59 Å². The Balaban J connectivity index is 1.11. The molecule has 226 valence electrons. The molecule has 3 fully saturated rings. The number of imide groups is 1. The SMILES string of the molecule is C[C@@H]1OCC2(CCN(c3cnc(Sc4ccnc(N)c4Cl)c(N)n3)CC2)[C@@H]1NCc1ccccc1C1CCC(=O)NC1=O. The number of pyridine rings is 1. The molecule has 43 heavy (non-hydrogen) atoms. The highest BCUT2D eigenvalue weighted by Gasteiger charge is 2.49. The number of aromatic nitrogens is 3. The normalized spacial score (nSPS) is 23.5. The van der Waals surface area contributed by atoms with Gasteiger partial charge < -0.3 is 26.4 Å². The Bertz CT molecular complexity index is 1530. The average Bonchev–Trinajstić information content (AvgIpc) is 3.30. The van der Waals surface area contributed by atoms with Crippen LogP contribution in [0.25, 0.3) is 0 Å². The van der Waals surface area contributed by atoms with Crippen LogP contribution in [0.3, 0.4) is 0 Å². The van der Waals surface area contributed by atoms with E-state index in [1.165, 1.54) is 11.8 Å². The molecule has 0 bridgehead atoms. The van der Waals surface area contributed by atoms with Crippen LogP contribution >= 0.6 is 23.4 Å². The van der Waals surface area contributed by atoms with Gasteiger partial charge in [-0.05, 0) is 43.4 Å². The molecule has 0 aliphatic carbocycles. The van der Waals surface area contributed by atoms with Crippen LogP contribution in [0.5, 0.6) is 0 Å². The molecular weight excluding hydrogens is 588 g/mol. The van der Waals surface area contributed by atoms with Crippen molar-refractivity contribution >= 4 is 52.6 Å². The second kappa shape index (κ2) is 12.3. The van der Waals surface area contributed by atoms with Gasteiger partial charge in [-0.1, -0.05) is 47.6 Å². The van der Waals surface area contributed by atoms with Crippen molar-refractivity contribution in [2.24, 2.45) is 5.41 Å². The van der Waals surface area contributed by atoms with Gasteiger partial charge in [0.05, 0.1) is 29.8 Å². The number of hydrogen-bond acceptors (Lipinski definition) is 11.